The molecule has 1 aromatic carbocycles. The molecule has 1 aromatic rings. The van der Waals surface area contributed by atoms with Gasteiger partial charge in [-0.1, -0.05) is 57.9 Å². The number of unbranched alkanes of at least 4 members (excludes halogenated alkanes) is 1. The minimum absolute atomic E-state index is 0.421. The van der Waals surface area contributed by atoms with Gasteiger partial charge in [-0.2, -0.15) is 0 Å². The molecule has 20 heavy (non-hydrogen) atoms. The van der Waals surface area contributed by atoms with Gasteiger partial charge in [0.2, 0.25) is 0 Å². The van der Waals surface area contributed by atoms with Crippen LogP contribution in [0.2, 0.25) is 0 Å². The van der Waals surface area contributed by atoms with Crippen molar-refractivity contribution in [3.63, 3.8) is 0 Å². The smallest absolute Gasteiger partial charge is 0.309 e. The maximum Gasteiger partial charge on any atom is 0.309 e. The highest BCUT2D eigenvalue weighted by Crippen LogP contribution is 2.33. The molecule has 0 spiro atoms. The lowest BCUT2D eigenvalue weighted by molar-refractivity contribution is -0.152. The average Bonchev–Trinajstić information content (AvgIpc) is 2.38. The van der Waals surface area contributed by atoms with Crippen molar-refractivity contribution in [2.24, 2.45) is 5.92 Å². The van der Waals surface area contributed by atoms with Crippen molar-refractivity contribution >= 4 is 5.97 Å². The first-order valence-corrected chi connectivity index (χ1v) is 7.36. The first-order valence-electron chi connectivity index (χ1n) is 7.36. The van der Waals surface area contributed by atoms with Crippen molar-refractivity contribution in [1.82, 2.24) is 0 Å². The third-order valence-corrected chi connectivity index (χ3v) is 3.98. The van der Waals surface area contributed by atoms with E-state index in [1.807, 2.05) is 31.2 Å². The standard InChI is InChI=1S/C17H26O3/c1-5-6-7-15(16(18)19)17(4,20)14-10-8-13(9-11-14)12(2)3/h8-12,15,20H,5-7H2,1-4H3,(H,18,19). The van der Waals surface area contributed by atoms with Gasteiger partial charge in [-0.05, 0) is 30.4 Å². The summed E-state index contributed by atoms with van der Waals surface area (Å²) >= 11 is 0. The SMILES string of the molecule is CCCCC(C(=O)O)C(C)(O)c1ccc(C(C)C)cc1. The van der Waals surface area contributed by atoms with E-state index in [1.54, 1.807) is 6.92 Å². The first kappa shape index (κ1) is 16.7. The van der Waals surface area contributed by atoms with E-state index in [-0.39, 0.29) is 0 Å². The van der Waals surface area contributed by atoms with Crippen LogP contribution in [0.25, 0.3) is 0 Å². The minimum Gasteiger partial charge on any atom is -0.481 e. The molecule has 0 aliphatic carbocycles. The Bertz CT molecular complexity index is 432. The number of aliphatic carboxylic acids is 1. The maximum absolute atomic E-state index is 11.4. The van der Waals surface area contributed by atoms with Crippen molar-refractivity contribution < 1.29 is 15.0 Å². The molecule has 1 rings (SSSR count). The molecule has 0 saturated heterocycles. The Morgan fingerprint density at radius 2 is 1.80 bits per heavy atom. The van der Waals surface area contributed by atoms with Crippen LogP contribution in [0.1, 0.15) is 64.0 Å². The molecule has 0 fully saturated rings. The summed E-state index contributed by atoms with van der Waals surface area (Å²) in [5, 5.41) is 20.1. The van der Waals surface area contributed by atoms with Crippen LogP contribution < -0.4 is 0 Å². The Labute approximate surface area is 121 Å². The van der Waals surface area contributed by atoms with Gasteiger partial charge in [0.05, 0.1) is 5.92 Å². The van der Waals surface area contributed by atoms with Crippen molar-refractivity contribution in [1.29, 1.82) is 0 Å². The van der Waals surface area contributed by atoms with E-state index < -0.39 is 17.5 Å². The van der Waals surface area contributed by atoms with E-state index in [4.69, 9.17) is 0 Å². The molecule has 3 heteroatoms. The van der Waals surface area contributed by atoms with Crippen molar-refractivity contribution in [2.75, 3.05) is 0 Å². The number of hydrogen-bond donors (Lipinski definition) is 2. The van der Waals surface area contributed by atoms with E-state index in [1.165, 1.54) is 5.56 Å². The van der Waals surface area contributed by atoms with Gasteiger partial charge >= 0.3 is 5.97 Å². The fourth-order valence-electron chi connectivity index (χ4n) is 2.46. The summed E-state index contributed by atoms with van der Waals surface area (Å²) in [4.78, 5) is 11.4. The minimum atomic E-state index is -1.34. The van der Waals surface area contributed by atoms with Crippen molar-refractivity contribution in [2.45, 2.75) is 58.5 Å². The van der Waals surface area contributed by atoms with Crippen LogP contribution in [-0.4, -0.2) is 16.2 Å². The van der Waals surface area contributed by atoms with Gasteiger partial charge in [-0.15, -0.1) is 0 Å². The lowest BCUT2D eigenvalue weighted by Gasteiger charge is -2.31. The lowest BCUT2D eigenvalue weighted by Crippen LogP contribution is -2.37. The molecule has 0 saturated carbocycles. The molecule has 2 unspecified atom stereocenters. The van der Waals surface area contributed by atoms with E-state index in [2.05, 4.69) is 13.8 Å². The quantitative estimate of drug-likeness (QED) is 0.795. The molecule has 2 N–H and O–H groups in total. The molecule has 0 aromatic heterocycles. The summed E-state index contributed by atoms with van der Waals surface area (Å²) in [5.74, 6) is -1.28. The predicted molar refractivity (Wildman–Crippen MR) is 80.8 cm³/mol. The molecule has 2 atom stereocenters. The zero-order chi connectivity index (χ0) is 15.3. The van der Waals surface area contributed by atoms with Crippen LogP contribution in [0.5, 0.6) is 0 Å². The van der Waals surface area contributed by atoms with Gasteiger partial charge in [-0.25, -0.2) is 0 Å². The molecule has 0 radical (unpaired) electrons. The zero-order valence-electron chi connectivity index (χ0n) is 12.9. The van der Waals surface area contributed by atoms with Crippen LogP contribution in [0.3, 0.4) is 0 Å². The van der Waals surface area contributed by atoms with E-state index in [0.29, 0.717) is 17.9 Å². The molecule has 0 heterocycles. The number of aliphatic hydroxyl groups is 1. The fraction of sp³-hybridized carbons (Fsp3) is 0.588. The van der Waals surface area contributed by atoms with Gasteiger partial charge in [0.1, 0.15) is 5.60 Å². The van der Waals surface area contributed by atoms with Crippen LogP contribution in [0.4, 0.5) is 0 Å². The summed E-state index contributed by atoms with van der Waals surface area (Å²) in [5.41, 5.74) is 0.520. The van der Waals surface area contributed by atoms with Gasteiger partial charge in [0.25, 0.3) is 0 Å². The highest BCUT2D eigenvalue weighted by Gasteiger charge is 2.38. The summed E-state index contributed by atoms with van der Waals surface area (Å²) in [6.45, 7) is 7.83. The molecule has 112 valence electrons. The normalized spacial score (nSPS) is 15.9. The summed E-state index contributed by atoms with van der Waals surface area (Å²) < 4.78 is 0. The number of carboxylic acid groups (broad SMARTS) is 1. The zero-order valence-corrected chi connectivity index (χ0v) is 12.9. The molecule has 0 bridgehead atoms. The fourth-order valence-corrected chi connectivity index (χ4v) is 2.46. The van der Waals surface area contributed by atoms with Gasteiger partial charge in [-0.3, -0.25) is 4.79 Å². The summed E-state index contributed by atoms with van der Waals surface area (Å²) in [6, 6.07) is 7.62. The average molecular weight is 278 g/mol. The molecular weight excluding hydrogens is 252 g/mol. The van der Waals surface area contributed by atoms with Gasteiger partial charge in [0.15, 0.2) is 0 Å². The Morgan fingerprint density at radius 1 is 1.25 bits per heavy atom. The highest BCUT2D eigenvalue weighted by atomic mass is 16.4. The molecular formula is C17H26O3. The number of carboxylic acids is 1. The van der Waals surface area contributed by atoms with E-state index in [0.717, 1.165) is 12.8 Å². The van der Waals surface area contributed by atoms with E-state index >= 15 is 0 Å². The summed E-state index contributed by atoms with van der Waals surface area (Å²) in [7, 11) is 0. The lowest BCUT2D eigenvalue weighted by atomic mass is 9.79. The van der Waals surface area contributed by atoms with Crippen molar-refractivity contribution in [3.05, 3.63) is 35.4 Å². The first-order chi connectivity index (χ1) is 9.30. The largest absolute Gasteiger partial charge is 0.481 e. The maximum atomic E-state index is 11.4. The monoisotopic (exact) mass is 278 g/mol. The predicted octanol–water partition coefficient (Wildman–Crippen LogP) is 3.91. The number of benzene rings is 1. The third-order valence-electron chi connectivity index (χ3n) is 3.98. The number of rotatable bonds is 7. The Kier molecular flexibility index (Phi) is 5.75. The van der Waals surface area contributed by atoms with Gasteiger partial charge in [0, 0.05) is 0 Å². The summed E-state index contributed by atoms with van der Waals surface area (Å²) in [6.07, 6.45) is 2.22. The Morgan fingerprint density at radius 3 is 2.20 bits per heavy atom. The molecule has 3 nitrogen and oxygen atoms in total. The Hall–Kier alpha value is -1.35. The van der Waals surface area contributed by atoms with Crippen LogP contribution in [-0.2, 0) is 10.4 Å². The second kappa shape index (κ2) is 6.89. The van der Waals surface area contributed by atoms with Crippen LogP contribution in [0.15, 0.2) is 24.3 Å². The Balaban J connectivity index is 3.02. The molecule has 0 aliphatic heterocycles. The van der Waals surface area contributed by atoms with Crippen LogP contribution >= 0.6 is 0 Å². The number of hydrogen-bond acceptors (Lipinski definition) is 2. The van der Waals surface area contributed by atoms with Crippen LogP contribution in [0, 0.1) is 5.92 Å². The van der Waals surface area contributed by atoms with Gasteiger partial charge < -0.3 is 10.2 Å². The second-order valence-corrected chi connectivity index (χ2v) is 5.96. The highest BCUT2D eigenvalue weighted by molar-refractivity contribution is 5.72. The number of carbonyl (C=O) groups is 1. The third kappa shape index (κ3) is 3.83. The molecule has 0 amide bonds. The second-order valence-electron chi connectivity index (χ2n) is 5.96. The molecule has 0 aliphatic rings. The van der Waals surface area contributed by atoms with Crippen molar-refractivity contribution in [3.8, 4) is 0 Å². The topological polar surface area (TPSA) is 57.5 Å². The van der Waals surface area contributed by atoms with E-state index in [9.17, 15) is 15.0 Å².